The van der Waals surface area contributed by atoms with Gasteiger partial charge in [-0.25, -0.2) is 14.1 Å². The van der Waals surface area contributed by atoms with Crippen LogP contribution in [0.25, 0.3) is 0 Å². The van der Waals surface area contributed by atoms with E-state index in [9.17, 15) is 13.8 Å². The number of pyridine rings is 1. The number of aromatic nitrogens is 1. The molecule has 0 saturated heterocycles. The molecule has 1 atom stereocenters. The van der Waals surface area contributed by atoms with E-state index in [2.05, 4.69) is 9.68 Å². The Labute approximate surface area is 168 Å². The second kappa shape index (κ2) is 7.38. The Hall–Kier alpha value is -2.10. The zero-order valence-corrected chi connectivity index (χ0v) is 17.3. The van der Waals surface area contributed by atoms with Gasteiger partial charge in [0, 0.05) is 28.8 Å². The van der Waals surface area contributed by atoms with Crippen molar-refractivity contribution in [1.29, 1.82) is 0 Å². The lowest BCUT2D eigenvalue weighted by atomic mass is 10.1. The van der Waals surface area contributed by atoms with Gasteiger partial charge in [0.05, 0.1) is 5.69 Å². The zero-order chi connectivity index (χ0) is 19.9. The Balaban J connectivity index is 1.64. The van der Waals surface area contributed by atoms with Crippen LogP contribution in [-0.4, -0.2) is 21.0 Å². The molecular weight excluding hydrogens is 396 g/mol. The van der Waals surface area contributed by atoms with Gasteiger partial charge < -0.3 is 5.32 Å². The van der Waals surface area contributed by atoms with Crippen LogP contribution in [-0.2, 0) is 35.6 Å². The molecule has 2 heterocycles. The number of ketones is 1. The van der Waals surface area contributed by atoms with Crippen LogP contribution >= 0.6 is 11.3 Å². The molecule has 2 aliphatic rings. The minimum absolute atomic E-state index is 0.0648. The van der Waals surface area contributed by atoms with E-state index < -0.39 is 15.9 Å². The maximum atomic E-state index is 12.8. The monoisotopic (exact) mass is 418 g/mol. The van der Waals surface area contributed by atoms with Crippen molar-refractivity contribution in [1.82, 2.24) is 4.98 Å². The highest BCUT2D eigenvalue weighted by atomic mass is 32.2. The first-order valence-electron chi connectivity index (χ1n) is 9.40. The van der Waals surface area contributed by atoms with Crippen LogP contribution < -0.4 is 10.5 Å². The van der Waals surface area contributed by atoms with Gasteiger partial charge in [0.25, 0.3) is 0 Å². The van der Waals surface area contributed by atoms with Crippen molar-refractivity contribution >= 4 is 38.8 Å². The van der Waals surface area contributed by atoms with Gasteiger partial charge in [-0.3, -0.25) is 9.78 Å². The summed E-state index contributed by atoms with van der Waals surface area (Å²) in [6.45, 7) is 1.75. The third-order valence-corrected chi connectivity index (χ3v) is 8.07. The number of urea groups is 1. The van der Waals surface area contributed by atoms with E-state index in [-0.39, 0.29) is 9.99 Å². The number of amides is 2. The number of anilines is 1. The van der Waals surface area contributed by atoms with E-state index in [1.54, 1.807) is 12.3 Å². The summed E-state index contributed by atoms with van der Waals surface area (Å²) in [5.74, 6) is -0.0648. The summed E-state index contributed by atoms with van der Waals surface area (Å²) in [5, 5.41) is 10.3. The average Bonchev–Trinajstić information content (AvgIpc) is 3.39. The van der Waals surface area contributed by atoms with Crippen molar-refractivity contribution < 1.29 is 13.8 Å². The lowest BCUT2D eigenvalue weighted by Gasteiger charge is -2.14. The molecule has 0 aromatic carbocycles. The molecule has 2 aromatic heterocycles. The molecule has 0 radical (unpaired) electrons. The fourth-order valence-corrected chi connectivity index (χ4v) is 5.98. The Morgan fingerprint density at radius 2 is 1.86 bits per heavy atom. The Kier molecular flexibility index (Phi) is 5.07. The maximum Gasteiger partial charge on any atom is 0.354 e. The minimum atomic E-state index is -3.42. The molecule has 9 heteroatoms. The molecule has 28 heavy (non-hydrogen) atoms. The van der Waals surface area contributed by atoms with Crippen LogP contribution in [0.2, 0.25) is 0 Å². The van der Waals surface area contributed by atoms with Gasteiger partial charge in [-0.15, -0.1) is 15.7 Å². The van der Waals surface area contributed by atoms with E-state index in [1.807, 2.05) is 0 Å². The minimum Gasteiger partial charge on any atom is -0.305 e. The summed E-state index contributed by atoms with van der Waals surface area (Å²) in [7, 11) is -3.42. The van der Waals surface area contributed by atoms with Crippen molar-refractivity contribution in [2.45, 2.75) is 56.1 Å². The molecule has 0 saturated carbocycles. The van der Waals surface area contributed by atoms with Gasteiger partial charge in [-0.05, 0) is 55.7 Å². The van der Waals surface area contributed by atoms with E-state index in [0.717, 1.165) is 78.1 Å². The van der Waals surface area contributed by atoms with Gasteiger partial charge in [0.1, 0.15) is 4.21 Å². The largest absolute Gasteiger partial charge is 0.354 e. The highest BCUT2D eigenvalue weighted by Crippen LogP contribution is 2.36. The number of Topliss-reactive ketones (excluding diaryl/α,β-unsaturated/α-hetero) is 1. The average molecular weight is 419 g/mol. The normalized spacial score (nSPS) is 16.9. The predicted molar refractivity (Wildman–Crippen MR) is 109 cm³/mol. The van der Waals surface area contributed by atoms with Crippen molar-refractivity contribution in [2.24, 2.45) is 9.50 Å². The van der Waals surface area contributed by atoms with Crippen molar-refractivity contribution in [3.63, 3.8) is 0 Å². The number of hydrogen-bond acceptors (Lipinski definition) is 5. The standard InChI is InChI=1S/C19H22N4O3S2/c1-2-16(24)11-9-17(27-10-11)28(20,26)23-19(25)22-18-12-5-3-7-14(12)21-15-8-4-6-13(15)18/h9-10H,2-8H2,1H3,(H3,20,21,22,23,25,26). The Morgan fingerprint density at radius 1 is 1.21 bits per heavy atom. The molecule has 2 aliphatic carbocycles. The van der Waals surface area contributed by atoms with Crippen LogP contribution in [0.5, 0.6) is 0 Å². The van der Waals surface area contributed by atoms with Gasteiger partial charge in [-0.1, -0.05) is 6.92 Å². The van der Waals surface area contributed by atoms with Gasteiger partial charge in [-0.2, -0.15) is 0 Å². The molecule has 2 aromatic rings. The smallest absolute Gasteiger partial charge is 0.305 e. The number of carbonyl (C=O) groups excluding carboxylic acids is 2. The summed E-state index contributed by atoms with van der Waals surface area (Å²) in [6, 6.07) is 0.746. The maximum absolute atomic E-state index is 12.8. The fraction of sp³-hybridized carbons (Fsp3) is 0.421. The van der Waals surface area contributed by atoms with Crippen LogP contribution in [0, 0.1) is 0 Å². The highest BCUT2D eigenvalue weighted by Gasteiger charge is 2.26. The number of carbonyl (C=O) groups is 2. The van der Waals surface area contributed by atoms with Crippen LogP contribution in [0.1, 0.15) is 59.1 Å². The van der Waals surface area contributed by atoms with Crippen molar-refractivity contribution in [3.05, 3.63) is 39.5 Å². The summed E-state index contributed by atoms with van der Waals surface area (Å²) in [4.78, 5) is 29.1. The second-order valence-corrected chi connectivity index (χ2v) is 9.99. The van der Waals surface area contributed by atoms with E-state index in [1.165, 1.54) is 6.07 Å². The molecule has 0 bridgehead atoms. The molecule has 4 rings (SSSR count). The summed E-state index contributed by atoms with van der Waals surface area (Å²) >= 11 is 1.08. The third-order valence-electron chi connectivity index (χ3n) is 5.21. The zero-order valence-electron chi connectivity index (χ0n) is 15.6. The first-order chi connectivity index (χ1) is 13.4. The molecule has 0 aliphatic heterocycles. The van der Waals surface area contributed by atoms with Gasteiger partial charge in [0.2, 0.25) is 0 Å². The molecule has 2 amide bonds. The number of aryl methyl sites for hydroxylation is 2. The predicted octanol–water partition coefficient (Wildman–Crippen LogP) is 3.65. The number of nitrogens with two attached hydrogens (primary N) is 1. The molecular formula is C19H22N4O3S2. The van der Waals surface area contributed by atoms with Crippen LogP contribution in [0.15, 0.2) is 20.0 Å². The highest BCUT2D eigenvalue weighted by molar-refractivity contribution is 7.93. The third kappa shape index (κ3) is 3.49. The summed E-state index contributed by atoms with van der Waals surface area (Å²) in [5.41, 5.74) is 5.46. The van der Waals surface area contributed by atoms with E-state index in [4.69, 9.17) is 10.1 Å². The second-order valence-electron chi connectivity index (χ2n) is 7.07. The van der Waals surface area contributed by atoms with Gasteiger partial charge in [0.15, 0.2) is 15.7 Å². The van der Waals surface area contributed by atoms with Crippen LogP contribution in [0.4, 0.5) is 10.5 Å². The number of thiophene rings is 1. The fourth-order valence-electron chi connectivity index (χ4n) is 3.86. The Morgan fingerprint density at radius 3 is 2.46 bits per heavy atom. The first-order valence-corrected chi connectivity index (χ1v) is 11.9. The molecule has 3 N–H and O–H groups in total. The summed E-state index contributed by atoms with van der Waals surface area (Å²) < 4.78 is 16.8. The number of hydrogen-bond donors (Lipinski definition) is 2. The molecule has 0 spiro atoms. The molecule has 1 unspecified atom stereocenters. The molecule has 148 valence electrons. The lowest BCUT2D eigenvalue weighted by Crippen LogP contribution is -2.18. The number of nitrogens with zero attached hydrogens (tertiary/aromatic N) is 2. The van der Waals surface area contributed by atoms with Crippen LogP contribution in [0.3, 0.4) is 0 Å². The summed E-state index contributed by atoms with van der Waals surface area (Å²) in [6.07, 6.45) is 5.95. The topological polar surface area (TPSA) is 115 Å². The number of rotatable bonds is 4. The molecule has 7 nitrogen and oxygen atoms in total. The van der Waals surface area contributed by atoms with E-state index in [0.29, 0.717) is 12.0 Å². The van der Waals surface area contributed by atoms with Crippen molar-refractivity contribution in [3.8, 4) is 0 Å². The van der Waals surface area contributed by atoms with Gasteiger partial charge >= 0.3 is 6.03 Å². The Bertz CT molecular complexity index is 1060. The number of fused-ring (bicyclic) bond motifs is 2. The van der Waals surface area contributed by atoms with Crippen molar-refractivity contribution in [2.75, 3.05) is 5.32 Å². The number of nitrogens with one attached hydrogen (secondary N) is 1. The first kappa shape index (κ1) is 19.2. The van der Waals surface area contributed by atoms with E-state index >= 15 is 0 Å². The SMILES string of the molecule is CCC(=O)c1csc(S(N)(=O)=NC(=O)Nc2c3c(nc4c2CCC4)CCC3)c1. The lowest BCUT2D eigenvalue weighted by molar-refractivity contribution is 0.0988. The quantitative estimate of drug-likeness (QED) is 0.738. The molecule has 0 fully saturated rings.